The topological polar surface area (TPSA) is 69.6 Å². The number of piperidine rings is 2. The van der Waals surface area contributed by atoms with Crippen LogP contribution in [0, 0.1) is 11.8 Å². The smallest absolute Gasteiger partial charge is 0.304 e. The Morgan fingerprint density at radius 2 is 2.05 bits per heavy atom. The number of hydrogen-bond donors (Lipinski definition) is 2. The lowest BCUT2D eigenvalue weighted by molar-refractivity contribution is -0.146. The van der Waals surface area contributed by atoms with Gasteiger partial charge in [-0.05, 0) is 51.1 Å². The first kappa shape index (κ1) is 14.3. The molecule has 2 heterocycles. The molecule has 0 radical (unpaired) electrons. The molecule has 2 N–H and O–H groups in total. The van der Waals surface area contributed by atoms with E-state index in [1.165, 1.54) is 12.8 Å². The Morgan fingerprint density at radius 1 is 1.32 bits per heavy atom. The Bertz CT molecular complexity index is 327. The monoisotopic (exact) mass is 268 g/mol. The summed E-state index contributed by atoms with van der Waals surface area (Å²) in [7, 11) is 0. The zero-order chi connectivity index (χ0) is 13.7. The first-order valence-electron chi connectivity index (χ1n) is 7.38. The maximum absolute atomic E-state index is 12.2. The van der Waals surface area contributed by atoms with Gasteiger partial charge in [-0.3, -0.25) is 9.59 Å². The molecule has 1 atom stereocenters. The summed E-state index contributed by atoms with van der Waals surface area (Å²) < 4.78 is 0. The van der Waals surface area contributed by atoms with Gasteiger partial charge in [-0.25, -0.2) is 0 Å². The van der Waals surface area contributed by atoms with Crippen LogP contribution in [-0.4, -0.2) is 48.1 Å². The average Bonchev–Trinajstić information content (AvgIpc) is 2.40. The van der Waals surface area contributed by atoms with Crippen molar-refractivity contribution in [3.05, 3.63) is 0 Å². The Balaban J connectivity index is 1.78. The molecule has 0 saturated carbocycles. The molecular formula is C14H24N2O3. The first-order valence-corrected chi connectivity index (χ1v) is 7.38. The van der Waals surface area contributed by atoms with Gasteiger partial charge in [-0.2, -0.15) is 0 Å². The molecule has 0 aromatic heterocycles. The molecule has 2 saturated heterocycles. The number of carbonyl (C=O) groups is 2. The maximum Gasteiger partial charge on any atom is 0.304 e. The standard InChI is InChI=1S/C14H24N2O3/c17-13(18)10-12-2-1-8-16(14(12)19)9-5-11-3-6-15-7-4-11/h11-12,15H,1-10H2,(H,17,18). The van der Waals surface area contributed by atoms with Crippen LogP contribution in [-0.2, 0) is 9.59 Å². The molecule has 19 heavy (non-hydrogen) atoms. The van der Waals surface area contributed by atoms with Gasteiger partial charge in [0.05, 0.1) is 6.42 Å². The number of amides is 1. The van der Waals surface area contributed by atoms with E-state index in [0.717, 1.165) is 45.4 Å². The van der Waals surface area contributed by atoms with Gasteiger partial charge in [-0.1, -0.05) is 0 Å². The highest BCUT2D eigenvalue weighted by Gasteiger charge is 2.30. The Labute approximate surface area is 114 Å². The van der Waals surface area contributed by atoms with E-state index in [1.54, 1.807) is 0 Å². The van der Waals surface area contributed by atoms with Crippen LogP contribution >= 0.6 is 0 Å². The summed E-state index contributed by atoms with van der Waals surface area (Å²) >= 11 is 0. The SMILES string of the molecule is O=C(O)CC1CCCN(CCC2CCNCC2)C1=O. The number of nitrogens with one attached hydrogen (secondary N) is 1. The maximum atomic E-state index is 12.2. The van der Waals surface area contributed by atoms with Crippen molar-refractivity contribution >= 4 is 11.9 Å². The van der Waals surface area contributed by atoms with Crippen LogP contribution in [0.5, 0.6) is 0 Å². The zero-order valence-electron chi connectivity index (χ0n) is 11.4. The molecule has 2 aliphatic heterocycles. The minimum atomic E-state index is -0.862. The second kappa shape index (κ2) is 6.89. The molecule has 2 rings (SSSR count). The van der Waals surface area contributed by atoms with Crippen molar-refractivity contribution in [2.45, 2.75) is 38.5 Å². The fraction of sp³-hybridized carbons (Fsp3) is 0.857. The minimum Gasteiger partial charge on any atom is -0.481 e. The molecule has 0 aliphatic carbocycles. The third-order valence-corrected chi connectivity index (χ3v) is 4.33. The van der Waals surface area contributed by atoms with E-state index in [9.17, 15) is 9.59 Å². The van der Waals surface area contributed by atoms with E-state index in [2.05, 4.69) is 5.32 Å². The van der Waals surface area contributed by atoms with Gasteiger partial charge in [0.15, 0.2) is 0 Å². The second-order valence-electron chi connectivity index (χ2n) is 5.74. The van der Waals surface area contributed by atoms with Crippen molar-refractivity contribution in [3.63, 3.8) is 0 Å². The molecule has 5 heteroatoms. The number of nitrogens with zero attached hydrogens (tertiary/aromatic N) is 1. The normalized spacial score (nSPS) is 25.6. The number of likely N-dealkylation sites (tertiary alicyclic amines) is 1. The number of aliphatic carboxylic acids is 1. The van der Waals surface area contributed by atoms with Crippen LogP contribution in [0.15, 0.2) is 0 Å². The summed E-state index contributed by atoms with van der Waals surface area (Å²) in [6, 6.07) is 0. The van der Waals surface area contributed by atoms with Gasteiger partial charge >= 0.3 is 5.97 Å². The van der Waals surface area contributed by atoms with Crippen LogP contribution in [0.4, 0.5) is 0 Å². The Hall–Kier alpha value is -1.10. The highest BCUT2D eigenvalue weighted by atomic mass is 16.4. The molecular weight excluding hydrogens is 244 g/mol. The molecule has 5 nitrogen and oxygen atoms in total. The van der Waals surface area contributed by atoms with E-state index >= 15 is 0 Å². The van der Waals surface area contributed by atoms with Crippen molar-refractivity contribution in [2.24, 2.45) is 11.8 Å². The fourth-order valence-electron chi connectivity index (χ4n) is 3.15. The number of carboxylic acid groups (broad SMARTS) is 1. The number of hydrogen-bond acceptors (Lipinski definition) is 3. The molecule has 0 aromatic rings. The summed E-state index contributed by atoms with van der Waals surface area (Å²) in [5, 5.41) is 12.2. The highest BCUT2D eigenvalue weighted by Crippen LogP contribution is 2.23. The van der Waals surface area contributed by atoms with Crippen molar-refractivity contribution in [1.29, 1.82) is 0 Å². The van der Waals surface area contributed by atoms with Crippen molar-refractivity contribution < 1.29 is 14.7 Å². The fourth-order valence-corrected chi connectivity index (χ4v) is 3.15. The third kappa shape index (κ3) is 4.20. The summed E-state index contributed by atoms with van der Waals surface area (Å²) in [5.74, 6) is -0.380. The van der Waals surface area contributed by atoms with Crippen LogP contribution in [0.25, 0.3) is 0 Å². The van der Waals surface area contributed by atoms with Gasteiger partial charge in [0.2, 0.25) is 5.91 Å². The molecule has 2 aliphatic rings. The zero-order valence-corrected chi connectivity index (χ0v) is 11.4. The summed E-state index contributed by atoms with van der Waals surface area (Å²) in [4.78, 5) is 24.8. The lowest BCUT2D eigenvalue weighted by Gasteiger charge is -2.33. The largest absolute Gasteiger partial charge is 0.481 e. The van der Waals surface area contributed by atoms with E-state index in [-0.39, 0.29) is 18.2 Å². The van der Waals surface area contributed by atoms with Gasteiger partial charge in [0.25, 0.3) is 0 Å². The average molecular weight is 268 g/mol. The Kier molecular flexibility index (Phi) is 5.19. The van der Waals surface area contributed by atoms with Crippen LogP contribution in [0.2, 0.25) is 0 Å². The van der Waals surface area contributed by atoms with Gasteiger partial charge < -0.3 is 15.3 Å². The van der Waals surface area contributed by atoms with Gasteiger partial charge in [0, 0.05) is 19.0 Å². The number of rotatable bonds is 5. The molecule has 1 unspecified atom stereocenters. The molecule has 2 fully saturated rings. The summed E-state index contributed by atoms with van der Waals surface area (Å²) in [5.41, 5.74) is 0. The lowest BCUT2D eigenvalue weighted by Crippen LogP contribution is -2.43. The summed E-state index contributed by atoms with van der Waals surface area (Å²) in [6.07, 6.45) is 5.11. The molecule has 0 bridgehead atoms. The van der Waals surface area contributed by atoms with Gasteiger partial charge in [0.1, 0.15) is 0 Å². The molecule has 0 spiro atoms. The Morgan fingerprint density at radius 3 is 2.74 bits per heavy atom. The molecule has 108 valence electrons. The predicted octanol–water partition coefficient (Wildman–Crippen LogP) is 1.09. The number of carboxylic acids is 1. The van der Waals surface area contributed by atoms with Crippen LogP contribution in [0.3, 0.4) is 0 Å². The van der Waals surface area contributed by atoms with E-state index in [4.69, 9.17) is 5.11 Å². The van der Waals surface area contributed by atoms with Crippen molar-refractivity contribution in [3.8, 4) is 0 Å². The van der Waals surface area contributed by atoms with E-state index in [0.29, 0.717) is 5.92 Å². The van der Waals surface area contributed by atoms with Gasteiger partial charge in [-0.15, -0.1) is 0 Å². The molecule has 0 aromatic carbocycles. The van der Waals surface area contributed by atoms with Crippen LogP contribution in [0.1, 0.15) is 38.5 Å². The highest BCUT2D eigenvalue weighted by molar-refractivity contribution is 5.83. The van der Waals surface area contributed by atoms with Crippen molar-refractivity contribution in [1.82, 2.24) is 10.2 Å². The third-order valence-electron chi connectivity index (χ3n) is 4.33. The summed E-state index contributed by atoms with van der Waals surface area (Å²) in [6.45, 7) is 3.78. The minimum absolute atomic E-state index is 0.0112. The van der Waals surface area contributed by atoms with E-state index in [1.807, 2.05) is 4.90 Å². The van der Waals surface area contributed by atoms with E-state index < -0.39 is 5.97 Å². The molecule has 1 amide bonds. The van der Waals surface area contributed by atoms with Crippen LogP contribution < -0.4 is 5.32 Å². The lowest BCUT2D eigenvalue weighted by atomic mass is 9.91. The predicted molar refractivity (Wildman–Crippen MR) is 71.8 cm³/mol. The second-order valence-corrected chi connectivity index (χ2v) is 5.74. The first-order chi connectivity index (χ1) is 9.16. The van der Waals surface area contributed by atoms with Crippen molar-refractivity contribution in [2.75, 3.05) is 26.2 Å². The number of carbonyl (C=O) groups excluding carboxylic acids is 1. The quantitative estimate of drug-likeness (QED) is 0.783.